The lowest BCUT2D eigenvalue weighted by Crippen LogP contribution is -2.20. The van der Waals surface area contributed by atoms with Gasteiger partial charge in [0.1, 0.15) is 5.82 Å². The van der Waals surface area contributed by atoms with Gasteiger partial charge in [0, 0.05) is 16.8 Å². The summed E-state index contributed by atoms with van der Waals surface area (Å²) in [6.45, 7) is 4.01. The monoisotopic (exact) mass is 307 g/mol. The Hall–Kier alpha value is -2.46. The molecule has 1 aromatic heterocycles. The van der Waals surface area contributed by atoms with Crippen LogP contribution in [-0.2, 0) is 0 Å². The predicted octanol–water partition coefficient (Wildman–Crippen LogP) is 4.66. The fourth-order valence-electron chi connectivity index (χ4n) is 2.51. The number of aryl methyl sites for hydroxylation is 2. The zero-order valence-corrected chi connectivity index (χ0v) is 13.4. The lowest BCUT2D eigenvalue weighted by Gasteiger charge is -2.13. The van der Waals surface area contributed by atoms with Gasteiger partial charge in [-0.25, -0.2) is 4.98 Å². The molecule has 0 atom stereocenters. The highest BCUT2D eigenvalue weighted by Gasteiger charge is 2.04. The lowest BCUT2D eigenvalue weighted by molar-refractivity contribution is 1.18. The summed E-state index contributed by atoms with van der Waals surface area (Å²) in [4.78, 5) is 4.44. The topological polar surface area (TPSA) is 37.0 Å². The van der Waals surface area contributed by atoms with Crippen molar-refractivity contribution in [1.82, 2.24) is 4.98 Å². The van der Waals surface area contributed by atoms with E-state index in [1.165, 1.54) is 5.39 Å². The molecule has 22 heavy (non-hydrogen) atoms. The summed E-state index contributed by atoms with van der Waals surface area (Å²) in [7, 11) is 0. The molecule has 110 valence electrons. The summed E-state index contributed by atoms with van der Waals surface area (Å²) in [5.74, 6) is 0.759. The number of benzene rings is 2. The van der Waals surface area contributed by atoms with E-state index in [0.29, 0.717) is 5.11 Å². The number of fused-ring (bicyclic) bond motifs is 1. The third-order valence-corrected chi connectivity index (χ3v) is 3.58. The molecule has 4 heteroatoms. The van der Waals surface area contributed by atoms with Gasteiger partial charge in [0.2, 0.25) is 0 Å². The molecule has 0 aliphatic carbocycles. The molecule has 0 fully saturated rings. The third-order valence-electron chi connectivity index (χ3n) is 3.38. The molecule has 0 amide bonds. The van der Waals surface area contributed by atoms with Gasteiger partial charge in [-0.1, -0.05) is 36.4 Å². The van der Waals surface area contributed by atoms with Crippen LogP contribution in [0.15, 0.2) is 54.6 Å². The predicted molar refractivity (Wildman–Crippen MR) is 97.5 cm³/mol. The first-order valence-corrected chi connectivity index (χ1v) is 7.54. The van der Waals surface area contributed by atoms with Gasteiger partial charge in [0.05, 0.1) is 0 Å². The second kappa shape index (κ2) is 6.12. The summed E-state index contributed by atoms with van der Waals surface area (Å²) >= 11 is 5.41. The molecule has 0 saturated heterocycles. The molecule has 0 unspecified atom stereocenters. The van der Waals surface area contributed by atoms with Crippen LogP contribution in [0.1, 0.15) is 11.3 Å². The second-order valence-corrected chi connectivity index (χ2v) is 5.69. The van der Waals surface area contributed by atoms with E-state index in [4.69, 9.17) is 12.2 Å². The van der Waals surface area contributed by atoms with Crippen molar-refractivity contribution in [2.24, 2.45) is 0 Å². The number of nitrogens with one attached hydrogen (secondary N) is 2. The van der Waals surface area contributed by atoms with E-state index in [9.17, 15) is 0 Å². The smallest absolute Gasteiger partial charge is 0.176 e. The van der Waals surface area contributed by atoms with Crippen molar-refractivity contribution in [2.45, 2.75) is 13.8 Å². The Labute approximate surface area is 135 Å². The molecule has 0 saturated carbocycles. The van der Waals surface area contributed by atoms with E-state index < -0.39 is 0 Å². The van der Waals surface area contributed by atoms with Crippen LogP contribution in [0, 0.1) is 13.8 Å². The zero-order chi connectivity index (χ0) is 15.5. The van der Waals surface area contributed by atoms with E-state index in [2.05, 4.69) is 33.8 Å². The quantitative estimate of drug-likeness (QED) is 0.675. The van der Waals surface area contributed by atoms with Gasteiger partial charge in [-0.15, -0.1) is 0 Å². The van der Waals surface area contributed by atoms with Crippen molar-refractivity contribution in [3.63, 3.8) is 0 Å². The number of aromatic nitrogens is 1. The molecular weight excluding hydrogens is 290 g/mol. The van der Waals surface area contributed by atoms with Gasteiger partial charge in [-0.2, -0.15) is 0 Å². The minimum Gasteiger partial charge on any atom is -0.332 e. The Balaban J connectivity index is 1.81. The van der Waals surface area contributed by atoms with Gasteiger partial charge in [-0.05, 0) is 55.2 Å². The number of hydrogen-bond donors (Lipinski definition) is 2. The Bertz CT molecular complexity index is 817. The summed E-state index contributed by atoms with van der Waals surface area (Å²) < 4.78 is 0. The van der Waals surface area contributed by atoms with Crippen molar-refractivity contribution < 1.29 is 0 Å². The number of hydrogen-bond acceptors (Lipinski definition) is 2. The van der Waals surface area contributed by atoms with Crippen LogP contribution in [-0.4, -0.2) is 10.1 Å². The normalized spacial score (nSPS) is 10.5. The number of pyridine rings is 1. The Morgan fingerprint density at radius 3 is 2.55 bits per heavy atom. The van der Waals surface area contributed by atoms with Gasteiger partial charge >= 0.3 is 0 Å². The van der Waals surface area contributed by atoms with Crippen molar-refractivity contribution in [3.8, 4) is 0 Å². The third kappa shape index (κ3) is 3.23. The second-order valence-electron chi connectivity index (χ2n) is 5.28. The van der Waals surface area contributed by atoms with Crippen LogP contribution >= 0.6 is 12.2 Å². The number of nitrogens with zero attached hydrogens (tertiary/aromatic N) is 1. The standard InChI is InChI=1S/C18H17N3S/c1-12-10-13(2)19-17(11-12)21-18(22)20-16-9-5-7-14-6-3-4-8-15(14)16/h3-11H,1-2H3,(H2,19,20,21,22). The van der Waals surface area contributed by atoms with Crippen LogP contribution in [0.4, 0.5) is 11.5 Å². The highest BCUT2D eigenvalue weighted by molar-refractivity contribution is 7.80. The molecule has 0 radical (unpaired) electrons. The van der Waals surface area contributed by atoms with Gasteiger partial charge in [0.15, 0.2) is 5.11 Å². The minimum absolute atomic E-state index is 0.536. The molecule has 1 heterocycles. The molecule has 0 aliphatic heterocycles. The van der Waals surface area contributed by atoms with Gasteiger partial charge in [0.25, 0.3) is 0 Å². The first-order valence-electron chi connectivity index (χ1n) is 7.13. The Morgan fingerprint density at radius 1 is 0.955 bits per heavy atom. The Kier molecular flexibility index (Phi) is 4.02. The van der Waals surface area contributed by atoms with E-state index in [1.807, 2.05) is 50.2 Å². The van der Waals surface area contributed by atoms with Crippen LogP contribution in [0.2, 0.25) is 0 Å². The fraction of sp³-hybridized carbons (Fsp3) is 0.111. The zero-order valence-electron chi connectivity index (χ0n) is 12.6. The van der Waals surface area contributed by atoms with Gasteiger partial charge < -0.3 is 10.6 Å². The SMILES string of the molecule is Cc1cc(C)nc(NC(=S)Nc2cccc3ccccc23)c1. The summed E-state index contributed by atoms with van der Waals surface area (Å²) in [5.41, 5.74) is 3.11. The maximum absolute atomic E-state index is 5.41. The fourth-order valence-corrected chi connectivity index (χ4v) is 2.72. The van der Waals surface area contributed by atoms with E-state index in [-0.39, 0.29) is 0 Å². The maximum Gasteiger partial charge on any atom is 0.176 e. The van der Waals surface area contributed by atoms with Crippen molar-refractivity contribution >= 4 is 39.6 Å². The summed E-state index contributed by atoms with van der Waals surface area (Å²) in [6, 6.07) is 18.3. The average Bonchev–Trinajstić information content (AvgIpc) is 2.46. The van der Waals surface area contributed by atoms with Gasteiger partial charge in [-0.3, -0.25) is 0 Å². The molecule has 3 rings (SSSR count). The van der Waals surface area contributed by atoms with E-state index in [0.717, 1.165) is 28.1 Å². The molecule has 0 bridgehead atoms. The van der Waals surface area contributed by atoms with Crippen LogP contribution < -0.4 is 10.6 Å². The molecule has 0 aliphatic rings. The number of rotatable bonds is 2. The molecule has 3 nitrogen and oxygen atoms in total. The minimum atomic E-state index is 0.536. The van der Waals surface area contributed by atoms with Crippen molar-refractivity contribution in [3.05, 3.63) is 65.9 Å². The molecule has 2 aromatic carbocycles. The highest BCUT2D eigenvalue weighted by Crippen LogP contribution is 2.23. The average molecular weight is 307 g/mol. The number of thiocarbonyl (C=S) groups is 1. The molecule has 3 aromatic rings. The number of anilines is 2. The molecular formula is C18H17N3S. The lowest BCUT2D eigenvalue weighted by atomic mass is 10.1. The highest BCUT2D eigenvalue weighted by atomic mass is 32.1. The Morgan fingerprint density at radius 2 is 1.73 bits per heavy atom. The van der Waals surface area contributed by atoms with Crippen LogP contribution in [0.5, 0.6) is 0 Å². The summed E-state index contributed by atoms with van der Waals surface area (Å²) in [5, 5.41) is 9.26. The van der Waals surface area contributed by atoms with Crippen LogP contribution in [0.25, 0.3) is 10.8 Å². The molecule has 0 spiro atoms. The largest absolute Gasteiger partial charge is 0.332 e. The summed E-state index contributed by atoms with van der Waals surface area (Å²) in [6.07, 6.45) is 0. The first-order chi connectivity index (χ1) is 10.6. The van der Waals surface area contributed by atoms with Crippen LogP contribution in [0.3, 0.4) is 0 Å². The van der Waals surface area contributed by atoms with E-state index in [1.54, 1.807) is 0 Å². The van der Waals surface area contributed by atoms with Crippen molar-refractivity contribution in [2.75, 3.05) is 10.6 Å². The molecule has 2 N–H and O–H groups in total. The maximum atomic E-state index is 5.41. The van der Waals surface area contributed by atoms with E-state index >= 15 is 0 Å². The van der Waals surface area contributed by atoms with Crippen molar-refractivity contribution in [1.29, 1.82) is 0 Å². The first kappa shape index (κ1) is 14.5.